The first-order chi connectivity index (χ1) is 9.47. The highest BCUT2D eigenvalue weighted by Crippen LogP contribution is 2.26. The van der Waals surface area contributed by atoms with E-state index in [0.29, 0.717) is 0 Å². The van der Waals surface area contributed by atoms with Gasteiger partial charge < -0.3 is 15.1 Å². The van der Waals surface area contributed by atoms with Crippen molar-refractivity contribution in [2.75, 3.05) is 32.7 Å². The summed E-state index contributed by atoms with van der Waals surface area (Å²) in [6, 6.07) is 4.38. The molecule has 0 amide bonds. The summed E-state index contributed by atoms with van der Waals surface area (Å²) >= 11 is 0. The second-order valence-electron chi connectivity index (χ2n) is 6.48. The van der Waals surface area contributed by atoms with Gasteiger partial charge in [-0.2, -0.15) is 0 Å². The molecule has 1 aliphatic heterocycles. The van der Waals surface area contributed by atoms with Crippen LogP contribution in [0.2, 0.25) is 0 Å². The lowest BCUT2D eigenvalue weighted by molar-refractivity contribution is 0.0711. The minimum absolute atomic E-state index is 0.0807. The molecule has 0 radical (unpaired) electrons. The first kappa shape index (κ1) is 15.5. The van der Waals surface area contributed by atoms with E-state index in [4.69, 9.17) is 10.2 Å². The van der Waals surface area contributed by atoms with Crippen molar-refractivity contribution < 1.29 is 4.42 Å². The van der Waals surface area contributed by atoms with Gasteiger partial charge in [0.2, 0.25) is 0 Å². The predicted octanol–water partition coefficient (Wildman–Crippen LogP) is 2.25. The average Bonchev–Trinajstić information content (AvgIpc) is 2.77. The van der Waals surface area contributed by atoms with Crippen molar-refractivity contribution in [2.24, 2.45) is 11.7 Å². The third-order valence-corrected chi connectivity index (χ3v) is 3.97. The zero-order chi connectivity index (χ0) is 14.7. The summed E-state index contributed by atoms with van der Waals surface area (Å²) in [5, 5.41) is 0. The van der Waals surface area contributed by atoms with Crippen LogP contribution in [-0.4, -0.2) is 48.6 Å². The number of hydrogen-bond donors (Lipinski definition) is 1. The lowest BCUT2D eigenvalue weighted by atomic mass is 10.0. The van der Waals surface area contributed by atoms with Crippen molar-refractivity contribution in [3.8, 4) is 0 Å². The summed E-state index contributed by atoms with van der Waals surface area (Å²) in [7, 11) is 0. The molecule has 0 aliphatic carbocycles. The highest BCUT2D eigenvalue weighted by atomic mass is 16.3. The number of nitrogens with two attached hydrogens (primary N) is 1. The van der Waals surface area contributed by atoms with E-state index in [9.17, 15) is 0 Å². The van der Waals surface area contributed by atoms with Crippen LogP contribution in [0.5, 0.6) is 0 Å². The van der Waals surface area contributed by atoms with Crippen molar-refractivity contribution in [1.82, 2.24) is 9.80 Å². The molecule has 1 aliphatic rings. The number of hydrogen-bond acceptors (Lipinski definition) is 4. The van der Waals surface area contributed by atoms with Crippen LogP contribution in [0.25, 0.3) is 0 Å². The molecule has 0 spiro atoms. The highest BCUT2D eigenvalue weighted by Gasteiger charge is 2.29. The molecule has 114 valence electrons. The van der Waals surface area contributed by atoms with Crippen molar-refractivity contribution in [2.45, 2.75) is 39.8 Å². The fourth-order valence-corrected chi connectivity index (χ4v) is 3.12. The quantitative estimate of drug-likeness (QED) is 0.898. The van der Waals surface area contributed by atoms with Crippen molar-refractivity contribution >= 4 is 0 Å². The summed E-state index contributed by atoms with van der Waals surface area (Å²) in [5.41, 5.74) is 6.21. The Morgan fingerprint density at radius 2 is 1.80 bits per heavy atom. The Labute approximate surface area is 122 Å². The summed E-state index contributed by atoms with van der Waals surface area (Å²) in [6.45, 7) is 14.2. The van der Waals surface area contributed by atoms with E-state index < -0.39 is 0 Å². The number of furan rings is 1. The summed E-state index contributed by atoms with van der Waals surface area (Å²) in [4.78, 5) is 5.02. The summed E-state index contributed by atoms with van der Waals surface area (Å²) in [5.74, 6) is 2.71. The molecule has 1 fully saturated rings. The Kier molecular flexibility index (Phi) is 5.24. The normalized spacial score (nSPS) is 21.3. The first-order valence-electron chi connectivity index (χ1n) is 7.75. The Balaban J connectivity index is 1.99. The van der Waals surface area contributed by atoms with Gasteiger partial charge in [-0.05, 0) is 31.9 Å². The van der Waals surface area contributed by atoms with E-state index in [2.05, 4.69) is 36.6 Å². The average molecular weight is 279 g/mol. The molecule has 2 heterocycles. The van der Waals surface area contributed by atoms with E-state index in [1.54, 1.807) is 0 Å². The third-order valence-electron chi connectivity index (χ3n) is 3.97. The Bertz CT molecular complexity index is 406. The fraction of sp³-hybridized carbons (Fsp3) is 0.750. The highest BCUT2D eigenvalue weighted by molar-refractivity contribution is 5.12. The molecule has 1 aromatic heterocycles. The number of rotatable bonds is 5. The van der Waals surface area contributed by atoms with Crippen LogP contribution < -0.4 is 5.73 Å². The van der Waals surface area contributed by atoms with Crippen LogP contribution in [0.15, 0.2) is 16.5 Å². The molecule has 20 heavy (non-hydrogen) atoms. The smallest absolute Gasteiger partial charge is 0.122 e. The Morgan fingerprint density at radius 1 is 1.15 bits per heavy atom. The molecule has 0 saturated carbocycles. The Hall–Kier alpha value is -0.840. The second-order valence-corrected chi connectivity index (χ2v) is 6.48. The SMILES string of the molecule is Cc1ccc(C(C(C)N)N2CCN(CC(C)C)CC2)o1. The molecule has 0 aromatic carbocycles. The third kappa shape index (κ3) is 3.84. The fourth-order valence-electron chi connectivity index (χ4n) is 3.12. The minimum Gasteiger partial charge on any atom is -0.465 e. The van der Waals surface area contributed by atoms with Gasteiger partial charge >= 0.3 is 0 Å². The molecule has 4 heteroatoms. The molecule has 2 N–H and O–H groups in total. The van der Waals surface area contributed by atoms with Crippen LogP contribution >= 0.6 is 0 Å². The number of piperazine rings is 1. The first-order valence-corrected chi connectivity index (χ1v) is 7.75. The number of aryl methyl sites for hydroxylation is 1. The molecule has 1 aromatic rings. The zero-order valence-electron chi connectivity index (χ0n) is 13.3. The van der Waals surface area contributed by atoms with E-state index in [1.807, 2.05) is 13.0 Å². The molecule has 1 saturated heterocycles. The van der Waals surface area contributed by atoms with E-state index in [-0.39, 0.29) is 12.1 Å². The molecular formula is C16H29N3O. The maximum Gasteiger partial charge on any atom is 0.122 e. The van der Waals surface area contributed by atoms with E-state index in [1.165, 1.54) is 6.54 Å². The zero-order valence-corrected chi connectivity index (χ0v) is 13.3. The summed E-state index contributed by atoms with van der Waals surface area (Å²) < 4.78 is 5.82. The molecule has 2 atom stereocenters. The van der Waals surface area contributed by atoms with Gasteiger partial charge in [0.15, 0.2) is 0 Å². The molecule has 2 unspecified atom stereocenters. The van der Waals surface area contributed by atoms with Crippen LogP contribution in [0.1, 0.15) is 38.3 Å². The van der Waals surface area contributed by atoms with Crippen LogP contribution in [-0.2, 0) is 0 Å². The van der Waals surface area contributed by atoms with Crippen LogP contribution in [0.4, 0.5) is 0 Å². The maximum atomic E-state index is 6.21. The Morgan fingerprint density at radius 3 is 2.25 bits per heavy atom. The van der Waals surface area contributed by atoms with Crippen LogP contribution in [0, 0.1) is 12.8 Å². The van der Waals surface area contributed by atoms with Crippen molar-refractivity contribution in [1.29, 1.82) is 0 Å². The summed E-state index contributed by atoms with van der Waals surface area (Å²) in [6.07, 6.45) is 0. The standard InChI is InChI=1S/C16H29N3O/c1-12(2)11-18-7-9-19(10-8-18)16(14(4)17)15-6-5-13(3)20-15/h5-6,12,14,16H,7-11,17H2,1-4H3. The topological polar surface area (TPSA) is 45.6 Å². The lowest BCUT2D eigenvalue weighted by Crippen LogP contribution is -2.51. The lowest BCUT2D eigenvalue weighted by Gasteiger charge is -2.40. The largest absolute Gasteiger partial charge is 0.465 e. The molecule has 2 rings (SSSR count). The van der Waals surface area contributed by atoms with E-state index >= 15 is 0 Å². The molecule has 4 nitrogen and oxygen atoms in total. The van der Waals surface area contributed by atoms with Gasteiger partial charge in [-0.15, -0.1) is 0 Å². The second kappa shape index (κ2) is 6.74. The van der Waals surface area contributed by atoms with Crippen molar-refractivity contribution in [3.05, 3.63) is 23.7 Å². The van der Waals surface area contributed by atoms with Gasteiger partial charge in [0.25, 0.3) is 0 Å². The van der Waals surface area contributed by atoms with Gasteiger partial charge in [-0.3, -0.25) is 4.90 Å². The molecular weight excluding hydrogens is 250 g/mol. The number of nitrogens with zero attached hydrogens (tertiary/aromatic N) is 2. The monoisotopic (exact) mass is 279 g/mol. The van der Waals surface area contributed by atoms with Crippen LogP contribution in [0.3, 0.4) is 0 Å². The van der Waals surface area contributed by atoms with Gasteiger partial charge in [-0.1, -0.05) is 13.8 Å². The molecule has 0 bridgehead atoms. The van der Waals surface area contributed by atoms with E-state index in [0.717, 1.165) is 43.6 Å². The maximum absolute atomic E-state index is 6.21. The van der Waals surface area contributed by atoms with Crippen molar-refractivity contribution in [3.63, 3.8) is 0 Å². The van der Waals surface area contributed by atoms with Gasteiger partial charge in [0, 0.05) is 38.8 Å². The minimum atomic E-state index is 0.0807. The predicted molar refractivity (Wildman–Crippen MR) is 82.7 cm³/mol. The van der Waals surface area contributed by atoms with Gasteiger partial charge in [-0.25, -0.2) is 0 Å². The van der Waals surface area contributed by atoms with Gasteiger partial charge in [0.1, 0.15) is 11.5 Å². The van der Waals surface area contributed by atoms with Gasteiger partial charge in [0.05, 0.1) is 6.04 Å².